The molecule has 1 aliphatic rings. The first-order valence-corrected chi connectivity index (χ1v) is 6.05. The van der Waals surface area contributed by atoms with Crippen LogP contribution in [-0.2, 0) is 9.59 Å². The second-order valence-corrected chi connectivity index (χ2v) is 4.40. The number of nitrogens with zero attached hydrogens (tertiary/aromatic N) is 1. The van der Waals surface area contributed by atoms with E-state index in [9.17, 15) is 14.4 Å². The van der Waals surface area contributed by atoms with Crippen molar-refractivity contribution in [2.45, 2.75) is 32.2 Å². The van der Waals surface area contributed by atoms with E-state index in [1.165, 1.54) is 4.90 Å². The number of carboxylic acids is 1. The molecule has 0 aromatic carbocycles. The molecule has 0 aliphatic heterocycles. The Labute approximate surface area is 118 Å². The number of carbonyl (C=O) groups excluding carboxylic acids is 2. The highest BCUT2D eigenvalue weighted by Crippen LogP contribution is 2.18. The van der Waals surface area contributed by atoms with Gasteiger partial charge in [-0.3, -0.25) is 19.8 Å². The molecule has 0 atom stereocenters. The average molecular weight is 294 g/mol. The highest BCUT2D eigenvalue weighted by atomic mass is 35.5. The third kappa shape index (κ3) is 8.39. The van der Waals surface area contributed by atoms with Gasteiger partial charge in [0.2, 0.25) is 5.91 Å². The number of imide groups is 1. The van der Waals surface area contributed by atoms with Crippen molar-refractivity contribution >= 4 is 30.3 Å². The fourth-order valence-electron chi connectivity index (χ4n) is 1.54. The molecule has 1 saturated carbocycles. The van der Waals surface area contributed by atoms with E-state index < -0.39 is 17.9 Å². The first kappa shape index (κ1) is 17.7. The van der Waals surface area contributed by atoms with Gasteiger partial charge in [-0.2, -0.15) is 0 Å². The summed E-state index contributed by atoms with van der Waals surface area (Å²) in [4.78, 5) is 34.9. The molecule has 0 saturated heterocycles. The smallest absolute Gasteiger partial charge is 0.321 e. The van der Waals surface area contributed by atoms with Crippen molar-refractivity contribution in [3.63, 3.8) is 0 Å². The maximum Gasteiger partial charge on any atom is 0.321 e. The number of hydrogen-bond donors (Lipinski definition) is 3. The molecule has 0 unspecified atom stereocenters. The number of amides is 3. The van der Waals surface area contributed by atoms with Gasteiger partial charge < -0.3 is 10.4 Å². The van der Waals surface area contributed by atoms with Gasteiger partial charge in [0.15, 0.2) is 0 Å². The second kappa shape index (κ2) is 8.71. The minimum absolute atomic E-state index is 0. The van der Waals surface area contributed by atoms with Crippen molar-refractivity contribution in [1.29, 1.82) is 0 Å². The normalized spacial score (nSPS) is 13.6. The molecule has 0 radical (unpaired) electrons. The lowest BCUT2D eigenvalue weighted by molar-refractivity contribution is -0.138. The summed E-state index contributed by atoms with van der Waals surface area (Å²) < 4.78 is 0. The topological polar surface area (TPSA) is 98.7 Å². The van der Waals surface area contributed by atoms with Crippen LogP contribution in [0.1, 0.15) is 26.2 Å². The maximum absolute atomic E-state index is 11.5. The van der Waals surface area contributed by atoms with E-state index in [2.05, 4.69) is 10.6 Å². The summed E-state index contributed by atoms with van der Waals surface area (Å²) in [5, 5.41) is 13.5. The number of urea groups is 1. The third-order valence-electron chi connectivity index (χ3n) is 2.43. The number of nitrogens with one attached hydrogen (secondary N) is 2. The van der Waals surface area contributed by atoms with Crippen LogP contribution in [0.3, 0.4) is 0 Å². The Kier molecular flexibility index (Phi) is 8.09. The molecule has 0 aromatic heterocycles. The first-order chi connectivity index (χ1) is 8.51. The fourth-order valence-corrected chi connectivity index (χ4v) is 1.54. The average Bonchev–Trinajstić information content (AvgIpc) is 3.00. The third-order valence-corrected chi connectivity index (χ3v) is 2.43. The van der Waals surface area contributed by atoms with Gasteiger partial charge in [0.05, 0.1) is 13.1 Å². The lowest BCUT2D eigenvalue weighted by Crippen LogP contribution is -2.46. The monoisotopic (exact) mass is 293 g/mol. The largest absolute Gasteiger partial charge is 0.480 e. The van der Waals surface area contributed by atoms with E-state index in [-0.39, 0.29) is 31.5 Å². The molecule has 110 valence electrons. The van der Waals surface area contributed by atoms with E-state index in [0.29, 0.717) is 6.54 Å². The van der Waals surface area contributed by atoms with Crippen molar-refractivity contribution in [1.82, 2.24) is 15.5 Å². The SMILES string of the molecule is CCCN(CC(=O)O)CC(=O)NC(=O)NC1CC1.Cl. The standard InChI is InChI=1S/C11H19N3O4.ClH/c1-2-5-14(7-10(16)17)6-9(15)13-11(18)12-8-3-4-8;/h8H,2-7H2,1H3,(H,16,17)(H2,12,13,15,18);1H. The molecule has 1 rings (SSSR count). The number of aliphatic carboxylic acids is 1. The summed E-state index contributed by atoms with van der Waals surface area (Å²) in [6.07, 6.45) is 2.64. The van der Waals surface area contributed by atoms with E-state index in [1.54, 1.807) is 0 Å². The molecule has 7 nitrogen and oxygen atoms in total. The van der Waals surface area contributed by atoms with Crippen LogP contribution in [0.5, 0.6) is 0 Å². The number of halogens is 1. The summed E-state index contributed by atoms with van der Waals surface area (Å²) >= 11 is 0. The maximum atomic E-state index is 11.5. The molecule has 0 heterocycles. The molecule has 0 aromatic rings. The minimum atomic E-state index is -0.987. The highest BCUT2D eigenvalue weighted by molar-refractivity contribution is 5.95. The minimum Gasteiger partial charge on any atom is -0.480 e. The zero-order valence-electron chi connectivity index (χ0n) is 10.8. The van der Waals surface area contributed by atoms with E-state index >= 15 is 0 Å². The van der Waals surface area contributed by atoms with Crippen molar-refractivity contribution < 1.29 is 19.5 Å². The van der Waals surface area contributed by atoms with Crippen molar-refractivity contribution in [2.75, 3.05) is 19.6 Å². The molecule has 1 aliphatic carbocycles. The van der Waals surface area contributed by atoms with Crippen LogP contribution < -0.4 is 10.6 Å². The van der Waals surface area contributed by atoms with Crippen molar-refractivity contribution in [3.05, 3.63) is 0 Å². The second-order valence-electron chi connectivity index (χ2n) is 4.40. The van der Waals surface area contributed by atoms with Gasteiger partial charge in [-0.15, -0.1) is 12.4 Å². The summed E-state index contributed by atoms with van der Waals surface area (Å²) in [6, 6.07) is -0.321. The molecule has 8 heteroatoms. The Morgan fingerprint density at radius 1 is 1.26 bits per heavy atom. The molecule has 1 fully saturated rings. The number of carboxylic acid groups (broad SMARTS) is 1. The van der Waals surface area contributed by atoms with Gasteiger partial charge in [-0.25, -0.2) is 4.79 Å². The van der Waals surface area contributed by atoms with Gasteiger partial charge in [-0.05, 0) is 25.8 Å². The molecule has 3 amide bonds. The fraction of sp³-hybridized carbons (Fsp3) is 0.727. The Balaban J connectivity index is 0.00000324. The lowest BCUT2D eigenvalue weighted by atomic mass is 10.4. The van der Waals surface area contributed by atoms with Gasteiger partial charge >= 0.3 is 12.0 Å². The number of rotatable bonds is 7. The van der Waals surface area contributed by atoms with Gasteiger partial charge in [-0.1, -0.05) is 6.92 Å². The molecular formula is C11H20ClN3O4. The molecule has 0 bridgehead atoms. The van der Waals surface area contributed by atoms with E-state index in [0.717, 1.165) is 19.3 Å². The quantitative estimate of drug-likeness (QED) is 0.622. The summed E-state index contributed by atoms with van der Waals surface area (Å²) in [5.41, 5.74) is 0. The first-order valence-electron chi connectivity index (χ1n) is 6.05. The van der Waals surface area contributed by atoms with Gasteiger partial charge in [0.1, 0.15) is 0 Å². The van der Waals surface area contributed by atoms with Crippen LogP contribution in [0.4, 0.5) is 4.79 Å². The molecule has 0 spiro atoms. The zero-order valence-corrected chi connectivity index (χ0v) is 11.7. The van der Waals surface area contributed by atoms with Crippen LogP contribution in [-0.4, -0.2) is 53.6 Å². The van der Waals surface area contributed by atoms with Gasteiger partial charge in [0.25, 0.3) is 0 Å². The van der Waals surface area contributed by atoms with E-state index in [4.69, 9.17) is 5.11 Å². The number of hydrogen-bond acceptors (Lipinski definition) is 4. The predicted molar refractivity (Wildman–Crippen MR) is 71.3 cm³/mol. The Morgan fingerprint density at radius 2 is 1.89 bits per heavy atom. The van der Waals surface area contributed by atoms with E-state index in [1.807, 2.05) is 6.92 Å². The van der Waals surface area contributed by atoms with Crippen LogP contribution in [0.2, 0.25) is 0 Å². The number of carbonyl (C=O) groups is 3. The summed E-state index contributed by atoms with van der Waals surface area (Å²) in [7, 11) is 0. The lowest BCUT2D eigenvalue weighted by Gasteiger charge is -2.18. The summed E-state index contributed by atoms with van der Waals surface area (Å²) in [5.74, 6) is -1.47. The van der Waals surface area contributed by atoms with Crippen LogP contribution in [0.15, 0.2) is 0 Å². The van der Waals surface area contributed by atoms with Gasteiger partial charge in [0, 0.05) is 6.04 Å². The molecule has 3 N–H and O–H groups in total. The molecular weight excluding hydrogens is 274 g/mol. The highest BCUT2D eigenvalue weighted by Gasteiger charge is 2.24. The molecule has 19 heavy (non-hydrogen) atoms. The van der Waals surface area contributed by atoms with Crippen LogP contribution in [0.25, 0.3) is 0 Å². The Bertz CT molecular complexity index is 334. The Morgan fingerprint density at radius 3 is 2.37 bits per heavy atom. The van der Waals surface area contributed by atoms with Crippen molar-refractivity contribution in [2.24, 2.45) is 0 Å². The van der Waals surface area contributed by atoms with Crippen molar-refractivity contribution in [3.8, 4) is 0 Å². The zero-order chi connectivity index (χ0) is 13.5. The Hall–Kier alpha value is -1.34. The van der Waals surface area contributed by atoms with Crippen LogP contribution >= 0.6 is 12.4 Å². The predicted octanol–water partition coefficient (Wildman–Crippen LogP) is 0.193. The summed E-state index contributed by atoms with van der Waals surface area (Å²) in [6.45, 7) is 2.11. The van der Waals surface area contributed by atoms with Crippen LogP contribution in [0, 0.1) is 0 Å².